The molecule has 0 aromatic heterocycles. The Hall–Kier alpha value is -1.33. The molecule has 0 amide bonds. The van der Waals surface area contributed by atoms with Crippen LogP contribution in [0.25, 0.3) is 6.08 Å². The summed E-state index contributed by atoms with van der Waals surface area (Å²) in [5, 5.41) is 0. The summed E-state index contributed by atoms with van der Waals surface area (Å²) in [4.78, 5) is 0.630. The van der Waals surface area contributed by atoms with Crippen molar-refractivity contribution in [1.82, 2.24) is 0 Å². The van der Waals surface area contributed by atoms with Crippen molar-refractivity contribution in [2.24, 2.45) is 5.73 Å². The number of hydrogen-bond donors (Lipinski definition) is 1. The van der Waals surface area contributed by atoms with Crippen LogP contribution >= 0.6 is 0 Å². The number of sulfone groups is 1. The fourth-order valence-corrected chi connectivity index (χ4v) is 3.84. The van der Waals surface area contributed by atoms with Crippen molar-refractivity contribution in [2.75, 3.05) is 7.11 Å². The standard InChI is InChI=1S/C12H15NO3S/c1-8(13)6-10-7-9-4-3-5-11(16-2)12(9)17(10,14)15/h3-5,7-8H,6,13H2,1-2H3. The molecule has 17 heavy (non-hydrogen) atoms. The second-order valence-electron chi connectivity index (χ2n) is 4.17. The number of fused-ring (bicyclic) bond motifs is 1. The average Bonchev–Trinajstić information content (AvgIpc) is 2.50. The van der Waals surface area contributed by atoms with E-state index in [1.807, 2.05) is 0 Å². The van der Waals surface area contributed by atoms with Gasteiger partial charge in [0, 0.05) is 6.04 Å². The molecule has 2 rings (SSSR count). The van der Waals surface area contributed by atoms with Crippen LogP contribution in [0.1, 0.15) is 18.9 Å². The van der Waals surface area contributed by atoms with Crippen LogP contribution in [0.3, 0.4) is 0 Å². The third kappa shape index (κ3) is 1.96. The van der Waals surface area contributed by atoms with Gasteiger partial charge in [-0.25, -0.2) is 8.42 Å². The number of benzene rings is 1. The molecule has 0 saturated carbocycles. The summed E-state index contributed by atoms with van der Waals surface area (Å²) in [6.45, 7) is 1.79. The lowest BCUT2D eigenvalue weighted by Crippen LogP contribution is -2.17. The average molecular weight is 253 g/mol. The van der Waals surface area contributed by atoms with E-state index >= 15 is 0 Å². The molecule has 1 aliphatic heterocycles. The van der Waals surface area contributed by atoms with E-state index in [1.165, 1.54) is 7.11 Å². The van der Waals surface area contributed by atoms with Gasteiger partial charge in [0.2, 0.25) is 9.84 Å². The Bertz CT molecular complexity index is 573. The maximum atomic E-state index is 12.3. The lowest BCUT2D eigenvalue weighted by atomic mass is 10.1. The van der Waals surface area contributed by atoms with E-state index in [2.05, 4.69) is 0 Å². The van der Waals surface area contributed by atoms with Crippen molar-refractivity contribution in [3.8, 4) is 5.75 Å². The molecular formula is C12H15NO3S. The molecule has 0 saturated heterocycles. The van der Waals surface area contributed by atoms with Gasteiger partial charge in [-0.3, -0.25) is 0 Å². The van der Waals surface area contributed by atoms with Gasteiger partial charge < -0.3 is 10.5 Å². The Morgan fingerprint density at radius 3 is 2.71 bits per heavy atom. The first kappa shape index (κ1) is 12.1. The van der Waals surface area contributed by atoms with Crippen molar-refractivity contribution in [3.05, 3.63) is 28.7 Å². The summed E-state index contributed by atoms with van der Waals surface area (Å²) in [6, 6.07) is 5.01. The summed E-state index contributed by atoms with van der Waals surface area (Å²) in [7, 11) is -1.96. The predicted octanol–water partition coefficient (Wildman–Crippen LogP) is 1.56. The summed E-state index contributed by atoms with van der Waals surface area (Å²) in [6.07, 6.45) is 2.02. The van der Waals surface area contributed by atoms with E-state index in [0.29, 0.717) is 22.6 Å². The molecule has 0 aliphatic carbocycles. The zero-order valence-electron chi connectivity index (χ0n) is 9.80. The lowest BCUT2D eigenvalue weighted by Gasteiger charge is -2.09. The van der Waals surface area contributed by atoms with E-state index in [0.717, 1.165) is 0 Å². The number of methoxy groups -OCH3 is 1. The van der Waals surface area contributed by atoms with Crippen molar-refractivity contribution >= 4 is 15.9 Å². The van der Waals surface area contributed by atoms with Gasteiger partial charge in [0.15, 0.2) is 0 Å². The van der Waals surface area contributed by atoms with Crippen molar-refractivity contribution in [1.29, 1.82) is 0 Å². The minimum atomic E-state index is -3.43. The molecule has 1 aliphatic rings. The maximum Gasteiger partial charge on any atom is 0.207 e. The Morgan fingerprint density at radius 2 is 2.12 bits per heavy atom. The summed E-state index contributed by atoms with van der Waals surface area (Å²) < 4.78 is 29.7. The number of rotatable bonds is 3. The number of ether oxygens (including phenoxy) is 1. The van der Waals surface area contributed by atoms with Gasteiger partial charge in [0.1, 0.15) is 10.6 Å². The fraction of sp³-hybridized carbons (Fsp3) is 0.333. The van der Waals surface area contributed by atoms with E-state index in [1.54, 1.807) is 31.2 Å². The van der Waals surface area contributed by atoms with Crippen LogP contribution in [0.2, 0.25) is 0 Å². The molecule has 1 aromatic carbocycles. The van der Waals surface area contributed by atoms with Gasteiger partial charge in [-0.05, 0) is 31.1 Å². The minimum Gasteiger partial charge on any atom is -0.495 e. The molecule has 0 fully saturated rings. The van der Waals surface area contributed by atoms with Gasteiger partial charge in [-0.2, -0.15) is 0 Å². The molecule has 1 aromatic rings. The van der Waals surface area contributed by atoms with Crippen molar-refractivity contribution in [3.63, 3.8) is 0 Å². The van der Waals surface area contributed by atoms with Crippen LogP contribution < -0.4 is 10.5 Å². The minimum absolute atomic E-state index is 0.184. The smallest absolute Gasteiger partial charge is 0.207 e. The largest absolute Gasteiger partial charge is 0.495 e. The van der Waals surface area contributed by atoms with Gasteiger partial charge in [-0.15, -0.1) is 0 Å². The van der Waals surface area contributed by atoms with Gasteiger partial charge in [0.05, 0.1) is 12.0 Å². The Balaban J connectivity index is 2.56. The van der Waals surface area contributed by atoms with E-state index < -0.39 is 9.84 Å². The third-order valence-corrected chi connectivity index (χ3v) is 4.63. The SMILES string of the molecule is COc1cccc2c1S(=O)(=O)C(CC(C)N)=C2. The fourth-order valence-electron chi connectivity index (χ4n) is 1.96. The van der Waals surface area contributed by atoms with Gasteiger partial charge >= 0.3 is 0 Å². The molecule has 1 unspecified atom stereocenters. The molecule has 0 spiro atoms. The zero-order valence-corrected chi connectivity index (χ0v) is 10.6. The van der Waals surface area contributed by atoms with Crippen LogP contribution in [0.4, 0.5) is 0 Å². The highest BCUT2D eigenvalue weighted by molar-refractivity contribution is 7.96. The van der Waals surface area contributed by atoms with Crippen LogP contribution in [-0.4, -0.2) is 21.6 Å². The summed E-state index contributed by atoms with van der Waals surface area (Å²) >= 11 is 0. The summed E-state index contributed by atoms with van der Waals surface area (Å²) in [5.74, 6) is 0.387. The Kier molecular flexibility index (Phi) is 2.97. The molecule has 0 bridgehead atoms. The monoisotopic (exact) mass is 253 g/mol. The second kappa shape index (κ2) is 4.16. The molecule has 92 valence electrons. The van der Waals surface area contributed by atoms with Crippen LogP contribution in [-0.2, 0) is 9.84 Å². The Labute approximate surface area is 101 Å². The lowest BCUT2D eigenvalue weighted by molar-refractivity contribution is 0.403. The van der Waals surface area contributed by atoms with Gasteiger partial charge in [0.25, 0.3) is 0 Å². The molecule has 1 atom stereocenters. The van der Waals surface area contributed by atoms with Crippen LogP contribution in [0.5, 0.6) is 5.75 Å². The first-order valence-electron chi connectivity index (χ1n) is 5.35. The summed E-state index contributed by atoms with van der Waals surface area (Å²) in [5.41, 5.74) is 6.34. The second-order valence-corrected chi connectivity index (χ2v) is 6.11. The molecule has 2 N–H and O–H groups in total. The zero-order chi connectivity index (χ0) is 12.6. The molecule has 1 heterocycles. The molecule has 4 nitrogen and oxygen atoms in total. The Morgan fingerprint density at radius 1 is 1.41 bits per heavy atom. The maximum absolute atomic E-state index is 12.3. The first-order chi connectivity index (χ1) is 7.96. The molecular weight excluding hydrogens is 238 g/mol. The molecule has 0 radical (unpaired) electrons. The van der Waals surface area contributed by atoms with E-state index in [9.17, 15) is 8.42 Å². The van der Waals surface area contributed by atoms with E-state index in [4.69, 9.17) is 10.5 Å². The predicted molar refractivity (Wildman–Crippen MR) is 66.4 cm³/mol. The van der Waals surface area contributed by atoms with Crippen molar-refractivity contribution in [2.45, 2.75) is 24.3 Å². The van der Waals surface area contributed by atoms with Crippen LogP contribution in [0, 0.1) is 0 Å². The quantitative estimate of drug-likeness (QED) is 0.887. The van der Waals surface area contributed by atoms with E-state index in [-0.39, 0.29) is 10.9 Å². The van der Waals surface area contributed by atoms with Gasteiger partial charge in [-0.1, -0.05) is 12.1 Å². The first-order valence-corrected chi connectivity index (χ1v) is 6.83. The number of hydrogen-bond acceptors (Lipinski definition) is 4. The molecule has 5 heteroatoms. The highest BCUT2D eigenvalue weighted by Gasteiger charge is 2.32. The third-order valence-electron chi connectivity index (χ3n) is 2.68. The normalized spacial score (nSPS) is 18.4. The highest BCUT2D eigenvalue weighted by atomic mass is 32.2. The van der Waals surface area contributed by atoms with Crippen LogP contribution in [0.15, 0.2) is 28.0 Å². The number of nitrogens with two attached hydrogens (primary N) is 1. The topological polar surface area (TPSA) is 69.4 Å². The highest BCUT2D eigenvalue weighted by Crippen LogP contribution is 2.40. The van der Waals surface area contributed by atoms with Crippen molar-refractivity contribution < 1.29 is 13.2 Å².